The van der Waals surface area contributed by atoms with E-state index in [2.05, 4.69) is 0 Å². The van der Waals surface area contributed by atoms with Crippen molar-refractivity contribution in [2.45, 2.75) is 20.1 Å². The normalized spacial score (nSPS) is 37.5. The summed E-state index contributed by atoms with van der Waals surface area (Å²) in [6.07, 6.45) is -0.191. The van der Waals surface area contributed by atoms with Gasteiger partial charge in [-0.25, -0.2) is 0 Å². The van der Waals surface area contributed by atoms with Crippen LogP contribution < -0.4 is 0 Å². The summed E-state index contributed by atoms with van der Waals surface area (Å²) in [5.74, 6) is 0.412. The minimum atomic E-state index is -0.191. The van der Waals surface area contributed by atoms with Crippen LogP contribution in [0.15, 0.2) is 0 Å². The van der Waals surface area contributed by atoms with E-state index in [1.807, 2.05) is 6.92 Å². The van der Waals surface area contributed by atoms with Gasteiger partial charge in [-0.05, 0) is 6.92 Å². The number of carbonyl (C=O) groups is 1. The molecule has 1 rings (SSSR count). The molecule has 0 radical (unpaired) electrons. The highest BCUT2D eigenvalue weighted by molar-refractivity contribution is 5.79. The van der Waals surface area contributed by atoms with Gasteiger partial charge in [-0.2, -0.15) is 0 Å². The molecule has 1 heterocycles. The predicted octanol–water partition coefficient (Wildman–Crippen LogP) is 0.830. The Morgan fingerprint density at radius 2 is 2.27 bits per heavy atom. The molecule has 0 N–H and O–H groups in total. The molecule has 0 unspecified atom stereocenters. The molecule has 64 valence electrons. The van der Waals surface area contributed by atoms with E-state index in [-0.39, 0.29) is 23.9 Å². The molecule has 0 bridgehead atoms. The first-order valence-electron chi connectivity index (χ1n) is 3.81. The van der Waals surface area contributed by atoms with Gasteiger partial charge in [-0.1, -0.05) is 6.92 Å². The Kier molecular flexibility index (Phi) is 2.62. The van der Waals surface area contributed by atoms with E-state index in [4.69, 9.17) is 9.47 Å². The Morgan fingerprint density at radius 1 is 1.64 bits per heavy atom. The maximum Gasteiger partial charge on any atom is 0.160 e. The fourth-order valence-electron chi connectivity index (χ4n) is 1.46. The van der Waals surface area contributed by atoms with E-state index in [0.29, 0.717) is 6.61 Å². The van der Waals surface area contributed by atoms with E-state index < -0.39 is 0 Å². The van der Waals surface area contributed by atoms with Crippen molar-refractivity contribution in [3.8, 4) is 0 Å². The van der Waals surface area contributed by atoms with Gasteiger partial charge in [0.2, 0.25) is 0 Å². The fraction of sp³-hybridized carbons (Fsp3) is 0.875. The van der Waals surface area contributed by atoms with Gasteiger partial charge in [0.25, 0.3) is 0 Å². The Labute approximate surface area is 66.7 Å². The molecule has 0 aromatic rings. The molecule has 0 saturated carbocycles. The van der Waals surface area contributed by atoms with Gasteiger partial charge >= 0.3 is 0 Å². The van der Waals surface area contributed by atoms with E-state index in [1.54, 1.807) is 14.0 Å². The number of rotatable bonds is 2. The average molecular weight is 158 g/mol. The van der Waals surface area contributed by atoms with Crippen LogP contribution in [0.2, 0.25) is 0 Å². The van der Waals surface area contributed by atoms with Crippen LogP contribution in [0, 0.1) is 11.8 Å². The van der Waals surface area contributed by atoms with Gasteiger partial charge in [0.1, 0.15) is 5.78 Å². The molecule has 11 heavy (non-hydrogen) atoms. The third-order valence-electron chi connectivity index (χ3n) is 2.26. The lowest BCUT2D eigenvalue weighted by Crippen LogP contribution is -2.22. The quantitative estimate of drug-likeness (QED) is 0.597. The summed E-state index contributed by atoms with van der Waals surface area (Å²) in [5.41, 5.74) is 0. The lowest BCUT2D eigenvalue weighted by Gasteiger charge is -2.14. The van der Waals surface area contributed by atoms with Crippen molar-refractivity contribution >= 4 is 5.78 Å². The van der Waals surface area contributed by atoms with Crippen molar-refractivity contribution in [1.29, 1.82) is 0 Å². The molecule has 0 amide bonds. The lowest BCUT2D eigenvalue weighted by atomic mass is 9.93. The molecule has 0 aliphatic carbocycles. The number of Topliss-reactive ketones (excluding diaryl/α,β-unsaturated/α-hetero) is 1. The first-order valence-corrected chi connectivity index (χ1v) is 3.81. The van der Waals surface area contributed by atoms with Crippen molar-refractivity contribution < 1.29 is 14.3 Å². The zero-order valence-corrected chi connectivity index (χ0v) is 7.16. The topological polar surface area (TPSA) is 35.5 Å². The molecule has 1 aliphatic rings. The first kappa shape index (κ1) is 8.68. The Morgan fingerprint density at radius 3 is 2.55 bits per heavy atom. The maximum absolute atomic E-state index is 11.0. The second-order valence-electron chi connectivity index (χ2n) is 3.01. The molecule has 0 aromatic carbocycles. The van der Waals surface area contributed by atoms with E-state index in [9.17, 15) is 4.79 Å². The molecule has 3 atom stereocenters. The van der Waals surface area contributed by atoms with Crippen molar-refractivity contribution in [1.82, 2.24) is 0 Å². The SMILES string of the molecule is CO[C@@H]1OC[C@@H](C(C)=O)[C@H]1C. The lowest BCUT2D eigenvalue weighted by molar-refractivity contribution is -0.122. The molecular formula is C8H14O3. The molecule has 0 aromatic heterocycles. The minimum absolute atomic E-state index is 0.0277. The minimum Gasteiger partial charge on any atom is -0.356 e. The van der Waals surface area contributed by atoms with Crippen LogP contribution >= 0.6 is 0 Å². The molecule has 1 saturated heterocycles. The zero-order chi connectivity index (χ0) is 8.43. The molecule has 1 fully saturated rings. The number of hydrogen-bond acceptors (Lipinski definition) is 3. The number of methoxy groups -OCH3 is 1. The highest BCUT2D eigenvalue weighted by Crippen LogP contribution is 2.27. The summed E-state index contributed by atoms with van der Waals surface area (Å²) in [4.78, 5) is 11.0. The summed E-state index contributed by atoms with van der Waals surface area (Å²) < 4.78 is 10.3. The van der Waals surface area contributed by atoms with Gasteiger partial charge in [-0.15, -0.1) is 0 Å². The van der Waals surface area contributed by atoms with Crippen LogP contribution in [0.4, 0.5) is 0 Å². The summed E-state index contributed by atoms with van der Waals surface area (Å²) in [5, 5.41) is 0. The van der Waals surface area contributed by atoms with E-state index in [0.717, 1.165) is 0 Å². The Hall–Kier alpha value is -0.410. The van der Waals surface area contributed by atoms with Gasteiger partial charge in [0.05, 0.1) is 6.61 Å². The second-order valence-corrected chi connectivity index (χ2v) is 3.01. The van der Waals surface area contributed by atoms with Crippen molar-refractivity contribution in [2.24, 2.45) is 11.8 Å². The zero-order valence-electron chi connectivity index (χ0n) is 7.16. The molecule has 1 aliphatic heterocycles. The smallest absolute Gasteiger partial charge is 0.160 e. The number of hydrogen-bond donors (Lipinski definition) is 0. The van der Waals surface area contributed by atoms with E-state index in [1.165, 1.54) is 0 Å². The van der Waals surface area contributed by atoms with Crippen LogP contribution in [-0.4, -0.2) is 25.8 Å². The summed E-state index contributed by atoms with van der Waals surface area (Å²) in [6, 6.07) is 0. The number of carbonyl (C=O) groups excluding carboxylic acids is 1. The molecule has 3 heteroatoms. The maximum atomic E-state index is 11.0. The third-order valence-corrected chi connectivity index (χ3v) is 2.26. The van der Waals surface area contributed by atoms with E-state index >= 15 is 0 Å². The van der Waals surface area contributed by atoms with Gasteiger partial charge in [-0.3, -0.25) is 4.79 Å². The van der Waals surface area contributed by atoms with Crippen molar-refractivity contribution in [3.05, 3.63) is 0 Å². The Bertz CT molecular complexity index is 155. The monoisotopic (exact) mass is 158 g/mol. The highest BCUT2D eigenvalue weighted by Gasteiger charge is 2.36. The van der Waals surface area contributed by atoms with Crippen molar-refractivity contribution in [3.63, 3.8) is 0 Å². The van der Waals surface area contributed by atoms with Crippen molar-refractivity contribution in [2.75, 3.05) is 13.7 Å². The second kappa shape index (κ2) is 3.32. The van der Waals surface area contributed by atoms with Crippen LogP contribution in [0.25, 0.3) is 0 Å². The van der Waals surface area contributed by atoms with Gasteiger partial charge in [0.15, 0.2) is 6.29 Å². The molecule has 0 spiro atoms. The standard InChI is InChI=1S/C8H14O3/c1-5-7(6(2)9)4-11-8(5)10-3/h5,7-8H,4H2,1-3H3/t5-,7-,8-/m1/s1. The predicted molar refractivity (Wildman–Crippen MR) is 40.1 cm³/mol. The van der Waals surface area contributed by atoms with Crippen LogP contribution in [0.3, 0.4) is 0 Å². The van der Waals surface area contributed by atoms with Crippen LogP contribution in [0.1, 0.15) is 13.8 Å². The first-order chi connectivity index (χ1) is 5.16. The average Bonchev–Trinajstić information content (AvgIpc) is 2.30. The molecule has 3 nitrogen and oxygen atoms in total. The Balaban J connectivity index is 2.55. The third kappa shape index (κ3) is 1.60. The largest absolute Gasteiger partial charge is 0.356 e. The number of ether oxygens (including phenoxy) is 2. The fourth-order valence-corrected chi connectivity index (χ4v) is 1.46. The van der Waals surface area contributed by atoms with Crippen LogP contribution in [0.5, 0.6) is 0 Å². The van der Waals surface area contributed by atoms with Gasteiger partial charge in [0, 0.05) is 18.9 Å². The molecular weight excluding hydrogens is 144 g/mol. The van der Waals surface area contributed by atoms with Gasteiger partial charge < -0.3 is 9.47 Å². The number of ketones is 1. The summed E-state index contributed by atoms with van der Waals surface area (Å²) in [6.45, 7) is 4.09. The summed E-state index contributed by atoms with van der Waals surface area (Å²) in [7, 11) is 1.60. The highest BCUT2D eigenvalue weighted by atomic mass is 16.7. The summed E-state index contributed by atoms with van der Waals surface area (Å²) >= 11 is 0. The van der Waals surface area contributed by atoms with Crippen LogP contribution in [-0.2, 0) is 14.3 Å².